The van der Waals surface area contributed by atoms with E-state index < -0.39 is 10.0 Å². The number of carbonyl (C=O) groups excluding carboxylic acids is 1. The predicted octanol–water partition coefficient (Wildman–Crippen LogP) is 2.31. The number of hydrogen-bond donors (Lipinski definition) is 1. The summed E-state index contributed by atoms with van der Waals surface area (Å²) >= 11 is 0. The van der Waals surface area contributed by atoms with Crippen LogP contribution in [0.5, 0.6) is 5.75 Å². The molecule has 8 heteroatoms. The molecule has 1 aliphatic rings. The Balaban J connectivity index is 1.79. The largest absolute Gasteiger partial charge is 0.497 e. The first-order valence-corrected chi connectivity index (χ1v) is 12.0. The van der Waals surface area contributed by atoms with Crippen LogP contribution in [0.1, 0.15) is 24.8 Å². The summed E-state index contributed by atoms with van der Waals surface area (Å²) in [5.41, 5.74) is 1.06. The molecule has 0 aromatic heterocycles. The fourth-order valence-electron chi connectivity index (χ4n) is 3.69. The van der Waals surface area contributed by atoms with Gasteiger partial charge in [-0.2, -0.15) is 4.31 Å². The van der Waals surface area contributed by atoms with Crippen LogP contribution in [0.25, 0.3) is 0 Å². The van der Waals surface area contributed by atoms with E-state index in [2.05, 4.69) is 5.32 Å². The van der Waals surface area contributed by atoms with E-state index >= 15 is 0 Å². The summed E-state index contributed by atoms with van der Waals surface area (Å²) in [5, 5.41) is 3.22. The quantitative estimate of drug-likeness (QED) is 0.641. The van der Waals surface area contributed by atoms with Crippen molar-refractivity contribution in [3.63, 3.8) is 0 Å². The number of sulfonamides is 1. The Kier molecular flexibility index (Phi) is 8.06. The van der Waals surface area contributed by atoms with Crippen LogP contribution in [0.4, 0.5) is 0 Å². The molecule has 3 rings (SSSR count). The molecule has 1 atom stereocenters. The van der Waals surface area contributed by atoms with E-state index in [4.69, 9.17) is 4.74 Å². The lowest BCUT2D eigenvalue weighted by Gasteiger charge is -2.29. The van der Waals surface area contributed by atoms with Crippen molar-refractivity contribution in [3.8, 4) is 5.75 Å². The zero-order chi connectivity index (χ0) is 22.3. The minimum absolute atomic E-state index is 0.0104. The fourth-order valence-corrected chi connectivity index (χ4v) is 5.22. The summed E-state index contributed by atoms with van der Waals surface area (Å²) in [5.74, 6) is 0.573. The lowest BCUT2D eigenvalue weighted by molar-refractivity contribution is -0.131. The third-order valence-electron chi connectivity index (χ3n) is 5.59. The van der Waals surface area contributed by atoms with E-state index in [0.717, 1.165) is 18.7 Å². The second-order valence-electron chi connectivity index (χ2n) is 7.73. The van der Waals surface area contributed by atoms with Crippen molar-refractivity contribution in [2.75, 3.05) is 46.4 Å². The lowest BCUT2D eigenvalue weighted by atomic mass is 10.0. The molecule has 31 heavy (non-hydrogen) atoms. The standard InChI is InChI=1S/C23H31N3O4S/c1-19(20-6-4-3-5-7-20)18-26(15-12-23(27)25-16-13-24-14-17-25)31(28,29)22-10-8-21(30-2)9-11-22/h3-11,19,24H,12-18H2,1-2H3. The highest BCUT2D eigenvalue weighted by Crippen LogP contribution is 2.24. The van der Waals surface area contributed by atoms with Crippen LogP contribution in [0, 0.1) is 0 Å². The Morgan fingerprint density at radius 2 is 1.74 bits per heavy atom. The SMILES string of the molecule is COc1ccc(S(=O)(=O)N(CCC(=O)N2CCNCC2)CC(C)c2ccccc2)cc1. The summed E-state index contributed by atoms with van der Waals surface area (Å²) < 4.78 is 33.5. The maximum Gasteiger partial charge on any atom is 0.243 e. The van der Waals surface area contributed by atoms with E-state index in [1.807, 2.05) is 37.3 Å². The first-order valence-electron chi connectivity index (χ1n) is 10.6. The molecule has 1 amide bonds. The highest BCUT2D eigenvalue weighted by atomic mass is 32.2. The fraction of sp³-hybridized carbons (Fsp3) is 0.435. The van der Waals surface area contributed by atoms with Crippen molar-refractivity contribution in [1.82, 2.24) is 14.5 Å². The second kappa shape index (κ2) is 10.7. The maximum atomic E-state index is 13.4. The van der Waals surface area contributed by atoms with Crippen molar-refractivity contribution < 1.29 is 17.9 Å². The Labute approximate surface area is 185 Å². The third kappa shape index (κ3) is 6.06. The van der Waals surface area contributed by atoms with Crippen LogP contribution < -0.4 is 10.1 Å². The molecule has 0 aliphatic carbocycles. The number of piperazine rings is 1. The molecule has 1 unspecified atom stereocenters. The number of nitrogens with zero attached hydrogens (tertiary/aromatic N) is 2. The number of nitrogens with one attached hydrogen (secondary N) is 1. The molecular weight excluding hydrogens is 414 g/mol. The van der Waals surface area contributed by atoms with Gasteiger partial charge in [0.2, 0.25) is 15.9 Å². The topological polar surface area (TPSA) is 79.0 Å². The highest BCUT2D eigenvalue weighted by molar-refractivity contribution is 7.89. The highest BCUT2D eigenvalue weighted by Gasteiger charge is 2.28. The van der Waals surface area contributed by atoms with E-state index in [0.29, 0.717) is 25.4 Å². The number of ether oxygens (including phenoxy) is 1. The first-order chi connectivity index (χ1) is 14.9. The number of hydrogen-bond acceptors (Lipinski definition) is 5. The van der Waals surface area contributed by atoms with Gasteiger partial charge in [-0.25, -0.2) is 8.42 Å². The van der Waals surface area contributed by atoms with Gasteiger partial charge in [0.05, 0.1) is 12.0 Å². The molecule has 0 spiro atoms. The molecule has 1 heterocycles. The predicted molar refractivity (Wildman–Crippen MR) is 121 cm³/mol. The van der Waals surface area contributed by atoms with Gasteiger partial charge in [0, 0.05) is 45.7 Å². The van der Waals surface area contributed by atoms with Gasteiger partial charge in [-0.15, -0.1) is 0 Å². The van der Waals surface area contributed by atoms with Crippen LogP contribution in [0.2, 0.25) is 0 Å². The molecule has 0 radical (unpaired) electrons. The average molecular weight is 446 g/mol. The summed E-state index contributed by atoms with van der Waals surface area (Å²) in [4.78, 5) is 14.7. The monoisotopic (exact) mass is 445 g/mol. The molecule has 0 bridgehead atoms. The summed E-state index contributed by atoms with van der Waals surface area (Å²) in [7, 11) is -2.22. The Bertz CT molecular complexity index is 943. The van der Waals surface area contributed by atoms with Crippen molar-refractivity contribution in [1.29, 1.82) is 0 Å². The molecule has 1 N–H and O–H groups in total. The first kappa shape index (κ1) is 23.2. The normalized spacial score (nSPS) is 15.6. The Hall–Kier alpha value is -2.42. The summed E-state index contributed by atoms with van der Waals surface area (Å²) in [6.45, 7) is 5.30. The van der Waals surface area contributed by atoms with E-state index in [1.165, 1.54) is 4.31 Å². The maximum absolute atomic E-state index is 13.4. The molecule has 7 nitrogen and oxygen atoms in total. The van der Waals surface area contributed by atoms with Crippen LogP contribution >= 0.6 is 0 Å². The van der Waals surface area contributed by atoms with E-state index in [-0.39, 0.29) is 29.7 Å². The van der Waals surface area contributed by atoms with Crippen LogP contribution in [0.15, 0.2) is 59.5 Å². The molecule has 1 saturated heterocycles. The molecule has 1 aliphatic heterocycles. The number of rotatable bonds is 9. The van der Waals surface area contributed by atoms with Crippen molar-refractivity contribution in [2.45, 2.75) is 24.2 Å². The third-order valence-corrected chi connectivity index (χ3v) is 7.47. The van der Waals surface area contributed by atoms with Crippen molar-refractivity contribution >= 4 is 15.9 Å². The van der Waals surface area contributed by atoms with Crippen molar-refractivity contribution in [3.05, 3.63) is 60.2 Å². The van der Waals surface area contributed by atoms with Gasteiger partial charge in [-0.05, 0) is 35.7 Å². The van der Waals surface area contributed by atoms with E-state index in [1.54, 1.807) is 36.3 Å². The summed E-state index contributed by atoms with van der Waals surface area (Å²) in [6, 6.07) is 16.2. The second-order valence-corrected chi connectivity index (χ2v) is 9.67. The van der Waals surface area contributed by atoms with Crippen LogP contribution in [-0.2, 0) is 14.8 Å². The molecule has 168 valence electrons. The number of methoxy groups -OCH3 is 1. The van der Waals surface area contributed by atoms with Gasteiger partial charge < -0.3 is 15.0 Å². The van der Waals surface area contributed by atoms with Crippen LogP contribution in [0.3, 0.4) is 0 Å². The van der Waals surface area contributed by atoms with Crippen LogP contribution in [-0.4, -0.2) is 69.9 Å². The van der Waals surface area contributed by atoms with Crippen molar-refractivity contribution in [2.24, 2.45) is 0 Å². The van der Waals surface area contributed by atoms with Gasteiger partial charge >= 0.3 is 0 Å². The van der Waals surface area contributed by atoms with E-state index in [9.17, 15) is 13.2 Å². The van der Waals surface area contributed by atoms with Gasteiger partial charge in [-0.3, -0.25) is 4.79 Å². The molecule has 1 fully saturated rings. The molecule has 2 aromatic carbocycles. The molecule has 0 saturated carbocycles. The Morgan fingerprint density at radius 1 is 1.10 bits per heavy atom. The summed E-state index contributed by atoms with van der Waals surface area (Å²) in [6.07, 6.45) is 0.164. The number of amides is 1. The number of benzene rings is 2. The minimum atomic E-state index is -3.76. The van der Waals surface area contributed by atoms with Gasteiger partial charge in [0.1, 0.15) is 5.75 Å². The minimum Gasteiger partial charge on any atom is -0.497 e. The smallest absolute Gasteiger partial charge is 0.243 e. The Morgan fingerprint density at radius 3 is 2.35 bits per heavy atom. The van der Waals surface area contributed by atoms with Gasteiger partial charge in [0.15, 0.2) is 0 Å². The van der Waals surface area contributed by atoms with Gasteiger partial charge in [0.25, 0.3) is 0 Å². The zero-order valence-electron chi connectivity index (χ0n) is 18.2. The lowest BCUT2D eigenvalue weighted by Crippen LogP contribution is -2.47. The van der Waals surface area contributed by atoms with Gasteiger partial charge in [-0.1, -0.05) is 37.3 Å². The molecular formula is C23H31N3O4S. The number of carbonyl (C=O) groups is 1. The average Bonchev–Trinajstić information content (AvgIpc) is 2.82. The molecule has 2 aromatic rings. The zero-order valence-corrected chi connectivity index (χ0v) is 19.0.